The Morgan fingerprint density at radius 2 is 1.70 bits per heavy atom. The summed E-state index contributed by atoms with van der Waals surface area (Å²) in [6.07, 6.45) is 1.23. The third-order valence-electron chi connectivity index (χ3n) is 6.89. The molecule has 1 N–H and O–H groups in total. The highest BCUT2D eigenvalue weighted by atomic mass is 16.5. The second kappa shape index (κ2) is 4.44. The Hall–Kier alpha value is -0.120. The quantitative estimate of drug-likeness (QED) is 0.742. The number of hydrogen-bond donors (Lipinski definition) is 1. The van der Waals surface area contributed by atoms with Crippen molar-refractivity contribution in [2.75, 3.05) is 6.61 Å². The smallest absolute Gasteiger partial charge is 0.0861 e. The first-order valence-electron chi connectivity index (χ1n) is 8.22. The highest BCUT2D eigenvalue weighted by Crippen LogP contribution is 2.62. The molecule has 9 atom stereocenters. The third-order valence-corrected chi connectivity index (χ3v) is 6.89. The minimum Gasteiger partial charge on any atom is -0.392 e. The van der Waals surface area contributed by atoms with E-state index >= 15 is 0 Å². The molecule has 0 aromatic rings. The lowest BCUT2D eigenvalue weighted by molar-refractivity contribution is -0.355. The Kier molecular flexibility index (Phi) is 3.28. The molecule has 0 radical (unpaired) electrons. The van der Waals surface area contributed by atoms with Gasteiger partial charge in [-0.15, -0.1) is 0 Å². The number of fused-ring (bicyclic) bond motifs is 2. The number of aliphatic hydroxyl groups is 1. The first kappa shape index (κ1) is 14.8. The summed E-state index contributed by atoms with van der Waals surface area (Å²) < 4.78 is 12.8. The Bertz CT molecular complexity index is 392. The molecular weight excluding hydrogens is 252 g/mol. The molecule has 0 amide bonds. The van der Waals surface area contributed by atoms with Crippen LogP contribution in [0.25, 0.3) is 0 Å². The average Bonchev–Trinajstić information content (AvgIpc) is 2.38. The van der Waals surface area contributed by atoms with E-state index in [2.05, 4.69) is 41.5 Å². The summed E-state index contributed by atoms with van der Waals surface area (Å²) in [5.41, 5.74) is -0.233. The molecule has 1 aliphatic carbocycles. The van der Waals surface area contributed by atoms with Crippen molar-refractivity contribution >= 4 is 0 Å². The molecule has 3 saturated heterocycles. The van der Waals surface area contributed by atoms with Gasteiger partial charge >= 0.3 is 0 Å². The van der Waals surface area contributed by atoms with Crippen molar-refractivity contribution in [1.82, 2.24) is 0 Å². The molecule has 3 nitrogen and oxygen atoms in total. The van der Waals surface area contributed by atoms with Gasteiger partial charge in [0, 0.05) is 23.2 Å². The first-order valence-corrected chi connectivity index (χ1v) is 8.22. The van der Waals surface area contributed by atoms with Gasteiger partial charge in [-0.05, 0) is 19.3 Å². The maximum absolute atomic E-state index is 10.7. The number of rotatable bonds is 0. The maximum Gasteiger partial charge on any atom is 0.0861 e. The van der Waals surface area contributed by atoms with Gasteiger partial charge in [-0.2, -0.15) is 0 Å². The zero-order chi connectivity index (χ0) is 14.9. The first-order chi connectivity index (χ1) is 9.24. The topological polar surface area (TPSA) is 38.7 Å². The molecule has 3 heterocycles. The summed E-state index contributed by atoms with van der Waals surface area (Å²) in [6, 6.07) is 0. The number of hydrogen-bond acceptors (Lipinski definition) is 3. The van der Waals surface area contributed by atoms with Gasteiger partial charge in [-0.25, -0.2) is 0 Å². The van der Waals surface area contributed by atoms with Crippen molar-refractivity contribution in [1.29, 1.82) is 0 Å². The number of aliphatic hydroxyl groups excluding tert-OH is 1. The molecule has 0 aromatic carbocycles. The Morgan fingerprint density at radius 3 is 2.25 bits per heavy atom. The molecule has 1 spiro atoms. The number of ether oxygens (including phenoxy) is 2. The lowest BCUT2D eigenvalue weighted by Crippen LogP contribution is -2.75. The van der Waals surface area contributed by atoms with Crippen LogP contribution in [0.3, 0.4) is 0 Å². The van der Waals surface area contributed by atoms with Crippen molar-refractivity contribution in [3.05, 3.63) is 0 Å². The normalized spacial score (nSPS) is 62.9. The van der Waals surface area contributed by atoms with Gasteiger partial charge in [0.2, 0.25) is 0 Å². The van der Waals surface area contributed by atoms with Crippen LogP contribution in [-0.2, 0) is 9.47 Å². The second-order valence-corrected chi connectivity index (χ2v) is 8.06. The van der Waals surface area contributed by atoms with Crippen LogP contribution < -0.4 is 0 Å². The molecule has 4 fully saturated rings. The molecule has 0 aromatic heterocycles. The van der Waals surface area contributed by atoms with E-state index in [1.54, 1.807) is 0 Å². The molecule has 3 heteroatoms. The molecule has 20 heavy (non-hydrogen) atoms. The van der Waals surface area contributed by atoms with E-state index in [0.717, 1.165) is 13.0 Å². The predicted octanol–water partition coefficient (Wildman–Crippen LogP) is 2.86. The molecule has 4 aliphatic rings. The van der Waals surface area contributed by atoms with Gasteiger partial charge < -0.3 is 14.6 Å². The summed E-state index contributed by atoms with van der Waals surface area (Å²) >= 11 is 0. The van der Waals surface area contributed by atoms with Crippen LogP contribution >= 0.6 is 0 Å². The fourth-order valence-corrected chi connectivity index (χ4v) is 5.76. The highest BCUT2D eigenvalue weighted by molar-refractivity contribution is 5.16. The van der Waals surface area contributed by atoms with Crippen molar-refractivity contribution in [3.63, 3.8) is 0 Å². The van der Waals surface area contributed by atoms with Gasteiger partial charge in [0.15, 0.2) is 0 Å². The van der Waals surface area contributed by atoms with Crippen LogP contribution in [0.1, 0.15) is 48.0 Å². The van der Waals surface area contributed by atoms with Crippen LogP contribution in [0.5, 0.6) is 0 Å². The van der Waals surface area contributed by atoms with Crippen LogP contribution in [0.2, 0.25) is 0 Å². The van der Waals surface area contributed by atoms with Crippen molar-refractivity contribution in [2.45, 2.75) is 71.9 Å². The van der Waals surface area contributed by atoms with Crippen LogP contribution in [-0.4, -0.2) is 35.6 Å². The molecule has 116 valence electrons. The van der Waals surface area contributed by atoms with Crippen molar-refractivity contribution in [3.8, 4) is 0 Å². The van der Waals surface area contributed by atoms with E-state index in [1.807, 2.05) is 0 Å². The fourth-order valence-electron chi connectivity index (χ4n) is 5.76. The monoisotopic (exact) mass is 282 g/mol. The van der Waals surface area contributed by atoms with E-state index in [4.69, 9.17) is 9.47 Å². The summed E-state index contributed by atoms with van der Waals surface area (Å²) in [5, 5.41) is 10.7. The molecular formula is C17H30O3. The minimum absolute atomic E-state index is 0.00931. The summed E-state index contributed by atoms with van der Waals surface area (Å²) in [5.74, 6) is 1.28. The van der Waals surface area contributed by atoms with Gasteiger partial charge in [0.1, 0.15) is 0 Å². The van der Waals surface area contributed by atoms with Crippen LogP contribution in [0.15, 0.2) is 0 Å². The largest absolute Gasteiger partial charge is 0.392 e. The summed E-state index contributed by atoms with van der Waals surface area (Å²) in [7, 11) is 0. The molecule has 9 unspecified atom stereocenters. The lowest BCUT2D eigenvalue weighted by atomic mass is 9.48. The highest BCUT2D eigenvalue weighted by Gasteiger charge is 2.68. The van der Waals surface area contributed by atoms with E-state index in [9.17, 15) is 5.11 Å². The fraction of sp³-hybridized carbons (Fsp3) is 1.00. The third kappa shape index (κ3) is 1.57. The Morgan fingerprint density at radius 1 is 1.05 bits per heavy atom. The van der Waals surface area contributed by atoms with E-state index in [1.165, 1.54) is 0 Å². The standard InChI is InChI=1S/C17H30O3/c1-9-7-16(6)8-19-15(9)12(4)17(16)11(3)14(18)10(2)13(5)20-17/h9-15,18H,7-8H2,1-6H3. The lowest BCUT2D eigenvalue weighted by Gasteiger charge is -2.68. The zero-order valence-electron chi connectivity index (χ0n) is 13.7. The second-order valence-electron chi connectivity index (χ2n) is 8.06. The van der Waals surface area contributed by atoms with Gasteiger partial charge in [0.25, 0.3) is 0 Å². The Labute approximate surface area is 123 Å². The molecule has 3 aliphatic heterocycles. The van der Waals surface area contributed by atoms with Gasteiger partial charge in [-0.1, -0.05) is 34.6 Å². The summed E-state index contributed by atoms with van der Waals surface area (Å²) in [6.45, 7) is 14.0. The molecule has 1 saturated carbocycles. The zero-order valence-corrected chi connectivity index (χ0v) is 13.7. The Balaban J connectivity index is 2.06. The SMILES string of the molecule is CC1CC2(C)COC1C(C)C21OC(C)C(C)C(O)C1C. The average molecular weight is 282 g/mol. The molecule has 4 rings (SSSR count). The van der Waals surface area contributed by atoms with E-state index in [0.29, 0.717) is 11.8 Å². The van der Waals surface area contributed by atoms with Crippen molar-refractivity contribution < 1.29 is 14.6 Å². The maximum atomic E-state index is 10.7. The summed E-state index contributed by atoms with van der Waals surface area (Å²) in [4.78, 5) is 0. The van der Waals surface area contributed by atoms with E-state index < -0.39 is 0 Å². The van der Waals surface area contributed by atoms with Crippen LogP contribution in [0.4, 0.5) is 0 Å². The van der Waals surface area contributed by atoms with E-state index in [-0.39, 0.29) is 41.2 Å². The molecule has 2 bridgehead atoms. The minimum atomic E-state index is -0.285. The predicted molar refractivity (Wildman–Crippen MR) is 78.4 cm³/mol. The van der Waals surface area contributed by atoms with Crippen molar-refractivity contribution in [2.24, 2.45) is 29.1 Å². The van der Waals surface area contributed by atoms with Crippen LogP contribution in [0, 0.1) is 29.1 Å². The van der Waals surface area contributed by atoms with Gasteiger partial charge in [0.05, 0.1) is 30.5 Å². The van der Waals surface area contributed by atoms with Gasteiger partial charge in [-0.3, -0.25) is 0 Å².